The van der Waals surface area contributed by atoms with Crippen LogP contribution in [0.25, 0.3) is 0 Å². The summed E-state index contributed by atoms with van der Waals surface area (Å²) in [7, 11) is 0. The van der Waals surface area contributed by atoms with Gasteiger partial charge in [0.05, 0.1) is 5.69 Å². The van der Waals surface area contributed by atoms with Gasteiger partial charge in [0.2, 0.25) is 0 Å². The molecular formula is C12H19N5O2S. The second-order valence-corrected chi connectivity index (χ2v) is 6.12. The highest BCUT2D eigenvalue weighted by molar-refractivity contribution is 7.08. The smallest absolute Gasteiger partial charge is 0.265 e. The van der Waals surface area contributed by atoms with E-state index in [1.165, 1.54) is 0 Å². The van der Waals surface area contributed by atoms with Crippen molar-refractivity contribution in [3.05, 3.63) is 10.6 Å². The van der Waals surface area contributed by atoms with Crippen molar-refractivity contribution in [2.75, 3.05) is 0 Å². The van der Waals surface area contributed by atoms with Crippen molar-refractivity contribution in [2.45, 2.75) is 51.0 Å². The summed E-state index contributed by atoms with van der Waals surface area (Å²) in [6, 6.07) is 0. The van der Waals surface area contributed by atoms with E-state index in [9.17, 15) is 4.79 Å². The number of carbonyl (C=O) groups is 1. The lowest BCUT2D eigenvalue weighted by Crippen LogP contribution is -2.55. The fourth-order valence-electron chi connectivity index (χ4n) is 2.53. The summed E-state index contributed by atoms with van der Waals surface area (Å²) in [5.74, 6) is -0.0676. The number of hydrogen-bond donors (Lipinski definition) is 3. The molecule has 0 aromatic carbocycles. The monoisotopic (exact) mass is 297 g/mol. The molecule has 1 heterocycles. The van der Waals surface area contributed by atoms with Crippen LogP contribution in [0.4, 0.5) is 0 Å². The van der Waals surface area contributed by atoms with Gasteiger partial charge in [-0.1, -0.05) is 36.3 Å². The van der Waals surface area contributed by atoms with E-state index in [0.29, 0.717) is 23.4 Å². The summed E-state index contributed by atoms with van der Waals surface area (Å²) < 4.78 is 3.85. The van der Waals surface area contributed by atoms with Crippen molar-refractivity contribution in [1.29, 1.82) is 0 Å². The SMILES string of the molecule is CC(C)c1nnsc1C(=O)NC1(C(N)=NO)CCCC1. The number of nitrogens with one attached hydrogen (secondary N) is 1. The maximum absolute atomic E-state index is 12.4. The first kappa shape index (κ1) is 14.7. The quantitative estimate of drug-likeness (QED) is 0.337. The number of rotatable bonds is 4. The van der Waals surface area contributed by atoms with Crippen LogP contribution in [0.2, 0.25) is 0 Å². The van der Waals surface area contributed by atoms with Gasteiger partial charge in [-0.25, -0.2) is 0 Å². The average molecular weight is 297 g/mol. The van der Waals surface area contributed by atoms with Gasteiger partial charge in [0, 0.05) is 0 Å². The fourth-order valence-corrected chi connectivity index (χ4v) is 3.24. The Morgan fingerprint density at radius 3 is 2.70 bits per heavy atom. The van der Waals surface area contributed by atoms with Crippen molar-refractivity contribution in [2.24, 2.45) is 10.9 Å². The molecule has 1 aliphatic carbocycles. The van der Waals surface area contributed by atoms with Gasteiger partial charge >= 0.3 is 0 Å². The molecule has 1 fully saturated rings. The zero-order chi connectivity index (χ0) is 14.8. The van der Waals surface area contributed by atoms with Crippen LogP contribution >= 0.6 is 11.5 Å². The van der Waals surface area contributed by atoms with Crippen LogP contribution in [0.1, 0.15) is 60.8 Å². The molecule has 8 heteroatoms. The molecule has 0 aliphatic heterocycles. The largest absolute Gasteiger partial charge is 0.409 e. The van der Waals surface area contributed by atoms with E-state index in [0.717, 1.165) is 24.4 Å². The van der Waals surface area contributed by atoms with Crippen LogP contribution in [0, 0.1) is 0 Å². The van der Waals surface area contributed by atoms with Gasteiger partial charge in [0.1, 0.15) is 10.4 Å². The summed E-state index contributed by atoms with van der Waals surface area (Å²) in [4.78, 5) is 12.9. The minimum Gasteiger partial charge on any atom is -0.409 e. The zero-order valence-electron chi connectivity index (χ0n) is 11.6. The van der Waals surface area contributed by atoms with Crippen molar-refractivity contribution in [3.8, 4) is 0 Å². The number of oxime groups is 1. The predicted molar refractivity (Wildman–Crippen MR) is 76.1 cm³/mol. The lowest BCUT2D eigenvalue weighted by molar-refractivity contribution is 0.0925. The molecule has 1 aliphatic rings. The maximum atomic E-state index is 12.4. The molecule has 1 amide bonds. The summed E-state index contributed by atoms with van der Waals surface area (Å²) in [5.41, 5.74) is 5.70. The third-order valence-corrected chi connectivity index (χ3v) is 4.41. The molecule has 20 heavy (non-hydrogen) atoms. The number of hydrogen-bond acceptors (Lipinski definition) is 6. The highest BCUT2D eigenvalue weighted by Crippen LogP contribution is 2.31. The molecule has 0 atom stereocenters. The van der Waals surface area contributed by atoms with Crippen LogP contribution < -0.4 is 11.1 Å². The standard InChI is InChI=1S/C12H19N5O2S/c1-7(2)8-9(20-17-15-8)10(18)14-12(11(13)16-19)5-3-4-6-12/h7,19H,3-6H2,1-2H3,(H2,13,16)(H,14,18). The molecule has 110 valence electrons. The minimum atomic E-state index is -0.746. The normalized spacial score (nSPS) is 18.4. The molecule has 2 rings (SSSR count). The number of amides is 1. The molecule has 1 aromatic rings. The second-order valence-electron chi connectivity index (χ2n) is 5.37. The second kappa shape index (κ2) is 5.74. The topological polar surface area (TPSA) is 113 Å². The maximum Gasteiger partial charge on any atom is 0.265 e. The highest BCUT2D eigenvalue weighted by Gasteiger charge is 2.40. The zero-order valence-corrected chi connectivity index (χ0v) is 12.4. The van der Waals surface area contributed by atoms with Crippen LogP contribution in [-0.2, 0) is 0 Å². The summed E-state index contributed by atoms with van der Waals surface area (Å²) >= 11 is 1.07. The van der Waals surface area contributed by atoms with E-state index < -0.39 is 5.54 Å². The Hall–Kier alpha value is -1.70. The van der Waals surface area contributed by atoms with E-state index >= 15 is 0 Å². The molecule has 1 saturated carbocycles. The Morgan fingerprint density at radius 2 is 2.15 bits per heavy atom. The molecule has 0 spiro atoms. The molecule has 0 bridgehead atoms. The third-order valence-electron chi connectivity index (χ3n) is 3.67. The van der Waals surface area contributed by atoms with E-state index in [-0.39, 0.29) is 17.7 Å². The first-order valence-electron chi connectivity index (χ1n) is 6.63. The summed E-state index contributed by atoms with van der Waals surface area (Å²) in [5, 5.41) is 18.9. The number of nitrogens with zero attached hydrogens (tertiary/aromatic N) is 3. The van der Waals surface area contributed by atoms with E-state index in [1.807, 2.05) is 13.8 Å². The van der Waals surface area contributed by atoms with Crippen molar-refractivity contribution < 1.29 is 10.0 Å². The Labute approximate surface area is 121 Å². The Kier molecular flexibility index (Phi) is 4.22. The van der Waals surface area contributed by atoms with Crippen LogP contribution in [0.15, 0.2) is 5.16 Å². The average Bonchev–Trinajstić information content (AvgIpc) is 3.06. The van der Waals surface area contributed by atoms with Gasteiger partial charge in [-0.2, -0.15) is 0 Å². The summed E-state index contributed by atoms with van der Waals surface area (Å²) in [6.45, 7) is 3.92. The van der Waals surface area contributed by atoms with E-state index in [2.05, 4.69) is 20.1 Å². The van der Waals surface area contributed by atoms with Gasteiger partial charge in [0.15, 0.2) is 5.84 Å². The third kappa shape index (κ3) is 2.60. The van der Waals surface area contributed by atoms with Gasteiger partial charge in [0.25, 0.3) is 5.91 Å². The lowest BCUT2D eigenvalue weighted by Gasteiger charge is -2.28. The summed E-state index contributed by atoms with van der Waals surface area (Å²) in [6.07, 6.45) is 3.23. The van der Waals surface area contributed by atoms with Gasteiger partial charge < -0.3 is 16.3 Å². The van der Waals surface area contributed by atoms with E-state index in [1.54, 1.807) is 0 Å². The Bertz CT molecular complexity index is 520. The molecular weight excluding hydrogens is 278 g/mol. The van der Waals surface area contributed by atoms with E-state index in [4.69, 9.17) is 10.9 Å². The predicted octanol–water partition coefficient (Wildman–Crippen LogP) is 1.45. The Balaban J connectivity index is 2.23. The number of aromatic nitrogens is 2. The fraction of sp³-hybridized carbons (Fsp3) is 0.667. The van der Waals surface area contributed by atoms with Crippen LogP contribution in [0.3, 0.4) is 0 Å². The van der Waals surface area contributed by atoms with Gasteiger partial charge in [-0.3, -0.25) is 4.79 Å². The van der Waals surface area contributed by atoms with Gasteiger partial charge in [-0.05, 0) is 30.3 Å². The number of carbonyl (C=O) groups excluding carboxylic acids is 1. The molecule has 1 aromatic heterocycles. The number of nitrogens with two attached hydrogens (primary N) is 1. The first-order valence-corrected chi connectivity index (χ1v) is 7.40. The molecule has 0 radical (unpaired) electrons. The molecule has 0 saturated heterocycles. The Morgan fingerprint density at radius 1 is 1.50 bits per heavy atom. The van der Waals surface area contributed by atoms with Crippen molar-refractivity contribution in [3.63, 3.8) is 0 Å². The van der Waals surface area contributed by atoms with Crippen LogP contribution in [-0.4, -0.2) is 32.1 Å². The first-order chi connectivity index (χ1) is 9.50. The molecule has 4 N–H and O–H groups in total. The van der Waals surface area contributed by atoms with Crippen LogP contribution in [0.5, 0.6) is 0 Å². The van der Waals surface area contributed by atoms with Crippen molar-refractivity contribution >= 4 is 23.3 Å². The van der Waals surface area contributed by atoms with Gasteiger partial charge in [-0.15, -0.1) is 5.10 Å². The minimum absolute atomic E-state index is 0.0620. The highest BCUT2D eigenvalue weighted by atomic mass is 32.1. The lowest BCUT2D eigenvalue weighted by atomic mass is 9.95. The molecule has 0 unspecified atom stereocenters. The molecule has 7 nitrogen and oxygen atoms in total. The van der Waals surface area contributed by atoms with Crippen molar-refractivity contribution in [1.82, 2.24) is 14.9 Å². The number of amidine groups is 1.